The zero-order valence-corrected chi connectivity index (χ0v) is 12.2. The highest BCUT2D eigenvalue weighted by Gasteiger charge is 2.37. The fourth-order valence-corrected chi connectivity index (χ4v) is 3.02. The molecule has 1 aromatic rings. The first-order chi connectivity index (χ1) is 8.35. The predicted molar refractivity (Wildman–Crippen MR) is 76.7 cm³/mol. The average Bonchev–Trinajstić information content (AvgIpc) is 2.72. The Morgan fingerprint density at radius 1 is 1.22 bits per heavy atom. The Balaban J connectivity index is 2.20. The van der Waals surface area contributed by atoms with Crippen LogP contribution >= 0.6 is 0 Å². The Bertz CT molecular complexity index is 399. The first kappa shape index (κ1) is 13.6. The minimum atomic E-state index is -0.572. The molecule has 18 heavy (non-hydrogen) atoms. The van der Waals surface area contributed by atoms with Crippen LogP contribution in [0, 0.1) is 5.92 Å². The lowest BCUT2D eigenvalue weighted by Gasteiger charge is -2.25. The Morgan fingerprint density at radius 3 is 2.28 bits per heavy atom. The van der Waals surface area contributed by atoms with E-state index in [9.17, 15) is 5.11 Å². The maximum Gasteiger partial charge on any atom is 0.0899 e. The van der Waals surface area contributed by atoms with Crippen molar-refractivity contribution in [3.8, 4) is 0 Å². The molecule has 1 N–H and O–H groups in total. The van der Waals surface area contributed by atoms with Gasteiger partial charge in [-0.15, -0.1) is 0 Å². The Morgan fingerprint density at radius 2 is 1.83 bits per heavy atom. The van der Waals surface area contributed by atoms with E-state index in [4.69, 9.17) is 0 Å². The normalized spacial score (nSPS) is 28.6. The molecule has 0 aliphatic heterocycles. The second-order valence-corrected chi connectivity index (χ2v) is 6.88. The predicted octanol–water partition coefficient (Wildman–Crippen LogP) is 4.38. The summed E-state index contributed by atoms with van der Waals surface area (Å²) in [5.41, 5.74) is 2.05. The first-order valence-corrected chi connectivity index (χ1v) is 7.18. The van der Waals surface area contributed by atoms with Crippen molar-refractivity contribution in [3.63, 3.8) is 0 Å². The zero-order valence-electron chi connectivity index (χ0n) is 12.2. The topological polar surface area (TPSA) is 20.2 Å². The maximum atomic E-state index is 10.8. The van der Waals surface area contributed by atoms with Gasteiger partial charge < -0.3 is 5.11 Å². The van der Waals surface area contributed by atoms with E-state index >= 15 is 0 Å². The van der Waals surface area contributed by atoms with Crippen LogP contribution in [0.4, 0.5) is 0 Å². The van der Waals surface area contributed by atoms with Gasteiger partial charge in [-0.1, -0.05) is 58.4 Å². The van der Waals surface area contributed by atoms with Gasteiger partial charge in [0, 0.05) is 0 Å². The molecule has 0 saturated heterocycles. The maximum absolute atomic E-state index is 10.8. The van der Waals surface area contributed by atoms with Crippen LogP contribution in [0.15, 0.2) is 24.3 Å². The fourth-order valence-electron chi connectivity index (χ4n) is 3.02. The monoisotopic (exact) mass is 246 g/mol. The number of hydrogen-bond acceptors (Lipinski definition) is 1. The van der Waals surface area contributed by atoms with E-state index in [2.05, 4.69) is 52.0 Å². The number of benzene rings is 1. The first-order valence-electron chi connectivity index (χ1n) is 7.18. The van der Waals surface area contributed by atoms with Crippen molar-refractivity contribution in [1.29, 1.82) is 0 Å². The molecule has 0 spiro atoms. The van der Waals surface area contributed by atoms with Crippen molar-refractivity contribution >= 4 is 0 Å². The summed E-state index contributed by atoms with van der Waals surface area (Å²) in [4.78, 5) is 0. The van der Waals surface area contributed by atoms with Crippen LogP contribution in [0.5, 0.6) is 0 Å². The van der Waals surface area contributed by atoms with Crippen LogP contribution in [-0.2, 0) is 11.0 Å². The van der Waals surface area contributed by atoms with Gasteiger partial charge in [-0.3, -0.25) is 0 Å². The van der Waals surface area contributed by atoms with Gasteiger partial charge in [-0.2, -0.15) is 0 Å². The van der Waals surface area contributed by atoms with Gasteiger partial charge in [-0.05, 0) is 41.7 Å². The molecular weight excluding hydrogens is 220 g/mol. The summed E-state index contributed by atoms with van der Waals surface area (Å²) >= 11 is 0. The highest BCUT2D eigenvalue weighted by Crippen LogP contribution is 2.43. The molecule has 0 radical (unpaired) electrons. The highest BCUT2D eigenvalue weighted by molar-refractivity contribution is 5.31. The SMILES string of the molecule is CCC1CCC(O)(c2ccc(C(C)(C)C)cc2)C1. The average molecular weight is 246 g/mol. The summed E-state index contributed by atoms with van der Waals surface area (Å²) < 4.78 is 0. The molecule has 0 heterocycles. The molecule has 0 amide bonds. The van der Waals surface area contributed by atoms with Crippen molar-refractivity contribution in [3.05, 3.63) is 35.4 Å². The van der Waals surface area contributed by atoms with Crippen LogP contribution in [0.25, 0.3) is 0 Å². The van der Waals surface area contributed by atoms with Crippen LogP contribution in [0.2, 0.25) is 0 Å². The van der Waals surface area contributed by atoms with Gasteiger partial charge in [-0.25, -0.2) is 0 Å². The van der Waals surface area contributed by atoms with E-state index < -0.39 is 5.60 Å². The van der Waals surface area contributed by atoms with Crippen molar-refractivity contribution in [2.24, 2.45) is 5.92 Å². The highest BCUT2D eigenvalue weighted by atomic mass is 16.3. The van der Waals surface area contributed by atoms with E-state index in [0.29, 0.717) is 5.92 Å². The quantitative estimate of drug-likeness (QED) is 0.821. The minimum absolute atomic E-state index is 0.183. The molecule has 1 fully saturated rings. The lowest BCUT2D eigenvalue weighted by Crippen LogP contribution is -2.22. The Kier molecular flexibility index (Phi) is 3.55. The largest absolute Gasteiger partial charge is 0.385 e. The molecule has 1 aromatic carbocycles. The van der Waals surface area contributed by atoms with E-state index in [1.54, 1.807) is 0 Å². The molecule has 1 nitrogen and oxygen atoms in total. The Hall–Kier alpha value is -0.820. The summed E-state index contributed by atoms with van der Waals surface area (Å²) in [7, 11) is 0. The molecule has 1 aliphatic carbocycles. The van der Waals surface area contributed by atoms with Crippen molar-refractivity contribution in [1.82, 2.24) is 0 Å². The van der Waals surface area contributed by atoms with Crippen LogP contribution in [0.3, 0.4) is 0 Å². The van der Waals surface area contributed by atoms with Gasteiger partial charge in [0.05, 0.1) is 5.60 Å². The lowest BCUT2D eigenvalue weighted by molar-refractivity contribution is 0.0398. The van der Waals surface area contributed by atoms with Crippen LogP contribution in [0.1, 0.15) is 64.5 Å². The van der Waals surface area contributed by atoms with Crippen LogP contribution in [-0.4, -0.2) is 5.11 Å². The molecule has 0 bridgehead atoms. The summed E-state index contributed by atoms with van der Waals surface area (Å²) in [5.74, 6) is 0.692. The summed E-state index contributed by atoms with van der Waals surface area (Å²) in [6.07, 6.45) is 4.19. The smallest absolute Gasteiger partial charge is 0.0899 e. The molecule has 2 atom stereocenters. The molecular formula is C17H26O. The summed E-state index contributed by atoms with van der Waals surface area (Å²) in [6.45, 7) is 8.89. The molecule has 1 aliphatic rings. The molecule has 2 unspecified atom stereocenters. The number of aliphatic hydroxyl groups is 1. The van der Waals surface area contributed by atoms with E-state index in [1.807, 2.05) is 0 Å². The third-order valence-corrected chi connectivity index (χ3v) is 4.46. The minimum Gasteiger partial charge on any atom is -0.385 e. The zero-order chi connectivity index (χ0) is 13.4. The van der Waals surface area contributed by atoms with E-state index in [0.717, 1.165) is 24.8 Å². The second kappa shape index (κ2) is 4.70. The van der Waals surface area contributed by atoms with Crippen molar-refractivity contribution in [2.45, 2.75) is 64.4 Å². The Labute approximate surface area is 111 Å². The number of rotatable bonds is 2. The lowest BCUT2D eigenvalue weighted by atomic mass is 9.84. The van der Waals surface area contributed by atoms with Crippen LogP contribution < -0.4 is 0 Å². The fraction of sp³-hybridized carbons (Fsp3) is 0.647. The number of hydrogen-bond donors (Lipinski definition) is 1. The van der Waals surface area contributed by atoms with Gasteiger partial charge in [0.15, 0.2) is 0 Å². The summed E-state index contributed by atoms with van der Waals surface area (Å²) in [5, 5.41) is 10.8. The van der Waals surface area contributed by atoms with Crippen molar-refractivity contribution in [2.75, 3.05) is 0 Å². The standard InChI is InChI=1S/C17H26O/c1-5-13-10-11-17(18,12-13)15-8-6-14(7-9-15)16(2,3)4/h6-9,13,18H,5,10-12H2,1-4H3. The third-order valence-electron chi connectivity index (χ3n) is 4.46. The molecule has 1 saturated carbocycles. The molecule has 2 rings (SSSR count). The van der Waals surface area contributed by atoms with E-state index in [-0.39, 0.29) is 5.41 Å². The molecule has 100 valence electrons. The van der Waals surface area contributed by atoms with Gasteiger partial charge in [0.1, 0.15) is 0 Å². The molecule has 1 heteroatoms. The van der Waals surface area contributed by atoms with Crippen molar-refractivity contribution < 1.29 is 5.11 Å². The van der Waals surface area contributed by atoms with E-state index in [1.165, 1.54) is 12.0 Å². The molecule has 0 aromatic heterocycles. The second-order valence-electron chi connectivity index (χ2n) is 6.88. The van der Waals surface area contributed by atoms with Gasteiger partial charge >= 0.3 is 0 Å². The third kappa shape index (κ3) is 2.61. The van der Waals surface area contributed by atoms with Gasteiger partial charge in [0.2, 0.25) is 0 Å². The summed E-state index contributed by atoms with van der Waals surface area (Å²) in [6, 6.07) is 8.59. The van der Waals surface area contributed by atoms with Gasteiger partial charge in [0.25, 0.3) is 0 Å².